The number of hydrogen-bond donors (Lipinski definition) is 1. The fraction of sp³-hybridized carbons (Fsp3) is 0.360. The summed E-state index contributed by atoms with van der Waals surface area (Å²) in [4.78, 5) is 12.6. The fourth-order valence-electron chi connectivity index (χ4n) is 5.37. The highest BCUT2D eigenvalue weighted by molar-refractivity contribution is 5.99. The highest BCUT2D eigenvalue weighted by atomic mass is 16.2. The predicted molar refractivity (Wildman–Crippen MR) is 117 cm³/mol. The van der Waals surface area contributed by atoms with Gasteiger partial charge in [-0.3, -0.25) is 4.79 Å². The largest absolute Gasteiger partial charge is 0.342 e. The van der Waals surface area contributed by atoms with E-state index in [1.54, 1.807) is 6.21 Å². The van der Waals surface area contributed by atoms with Crippen molar-refractivity contribution in [3.8, 4) is 0 Å². The third-order valence-electron chi connectivity index (χ3n) is 7.01. The van der Waals surface area contributed by atoms with Gasteiger partial charge in [0.1, 0.15) is 0 Å². The zero-order valence-corrected chi connectivity index (χ0v) is 16.8. The van der Waals surface area contributed by atoms with Crippen molar-refractivity contribution >= 4 is 23.0 Å². The molecule has 4 heteroatoms. The third-order valence-corrected chi connectivity index (χ3v) is 7.01. The number of fused-ring (bicyclic) bond motifs is 2. The number of amides is 1. The Bertz CT molecular complexity index is 1070. The van der Waals surface area contributed by atoms with E-state index in [4.69, 9.17) is 0 Å². The number of rotatable bonds is 5. The van der Waals surface area contributed by atoms with Crippen LogP contribution in [0.5, 0.6) is 0 Å². The molecule has 0 saturated heterocycles. The Hall–Kier alpha value is -2.88. The lowest BCUT2D eigenvalue weighted by molar-refractivity contribution is -0.123. The Morgan fingerprint density at radius 1 is 1.17 bits per heavy atom. The molecule has 148 valence electrons. The minimum Gasteiger partial charge on any atom is -0.342 e. The topological polar surface area (TPSA) is 46.4 Å². The van der Waals surface area contributed by atoms with Crippen LogP contribution in [-0.2, 0) is 11.3 Å². The number of aromatic nitrogens is 1. The second-order valence-electron chi connectivity index (χ2n) is 8.79. The number of para-hydroxylation sites is 1. The summed E-state index contributed by atoms with van der Waals surface area (Å²) in [6.45, 7) is 3.08. The summed E-state index contributed by atoms with van der Waals surface area (Å²) in [6, 6.07) is 18.8. The monoisotopic (exact) mass is 385 g/mol. The molecule has 1 N–H and O–H groups in total. The van der Waals surface area contributed by atoms with Crippen LogP contribution in [0.25, 0.3) is 10.9 Å². The molecule has 1 amide bonds. The van der Waals surface area contributed by atoms with E-state index >= 15 is 0 Å². The van der Waals surface area contributed by atoms with Gasteiger partial charge in [-0.05, 0) is 35.8 Å². The molecule has 0 spiro atoms. The molecule has 3 aromatic rings. The molecule has 3 atom stereocenters. The molecule has 2 aliphatic carbocycles. The van der Waals surface area contributed by atoms with Gasteiger partial charge in [0.05, 0.1) is 6.21 Å². The first-order valence-corrected chi connectivity index (χ1v) is 10.6. The number of hydrogen-bond acceptors (Lipinski definition) is 2. The van der Waals surface area contributed by atoms with Crippen molar-refractivity contribution in [3.63, 3.8) is 0 Å². The standard InChI is InChI=1S/C25H27N3O/c1-25-14-8-7-12-21(25)23(25)24(29)27-26-15-19-17-28(16-18-9-3-2-4-10-18)22-13-6-5-11-20(19)22/h2-6,9-11,13,15,17,21,23H,7-8,12,14,16H2,1H3,(H,27,29)/b26-15-/t21-,23-,25-/m0/s1. The summed E-state index contributed by atoms with van der Waals surface area (Å²) in [6.07, 6.45) is 8.77. The van der Waals surface area contributed by atoms with Crippen LogP contribution in [0.15, 0.2) is 65.9 Å². The predicted octanol–water partition coefficient (Wildman–Crippen LogP) is 4.97. The summed E-state index contributed by atoms with van der Waals surface area (Å²) >= 11 is 0. The average Bonchev–Trinajstić information content (AvgIpc) is 3.25. The molecular formula is C25H27N3O. The molecule has 0 unspecified atom stereocenters. The highest BCUT2D eigenvalue weighted by Gasteiger charge is 2.64. The van der Waals surface area contributed by atoms with Crippen LogP contribution < -0.4 is 5.43 Å². The quantitative estimate of drug-likeness (QED) is 0.489. The molecule has 0 radical (unpaired) electrons. The van der Waals surface area contributed by atoms with Gasteiger partial charge < -0.3 is 4.57 Å². The average molecular weight is 386 g/mol. The van der Waals surface area contributed by atoms with Gasteiger partial charge in [0.2, 0.25) is 5.91 Å². The molecule has 4 nitrogen and oxygen atoms in total. The van der Waals surface area contributed by atoms with Crippen LogP contribution in [0.4, 0.5) is 0 Å². The molecule has 1 heterocycles. The Kier molecular flexibility index (Phi) is 4.50. The van der Waals surface area contributed by atoms with Crippen LogP contribution in [0.3, 0.4) is 0 Å². The zero-order chi connectivity index (χ0) is 19.8. The lowest BCUT2D eigenvalue weighted by Crippen LogP contribution is -2.22. The van der Waals surface area contributed by atoms with Crippen molar-refractivity contribution in [1.82, 2.24) is 9.99 Å². The maximum Gasteiger partial charge on any atom is 0.244 e. The van der Waals surface area contributed by atoms with E-state index in [1.165, 1.54) is 36.8 Å². The van der Waals surface area contributed by atoms with E-state index in [1.807, 2.05) is 12.1 Å². The van der Waals surface area contributed by atoms with Crippen molar-refractivity contribution in [2.24, 2.45) is 22.4 Å². The molecule has 5 rings (SSSR count). The molecule has 2 fully saturated rings. The first kappa shape index (κ1) is 18.2. The highest BCUT2D eigenvalue weighted by Crippen LogP contribution is 2.66. The van der Waals surface area contributed by atoms with E-state index in [0.29, 0.717) is 5.92 Å². The fourth-order valence-corrected chi connectivity index (χ4v) is 5.37. The van der Waals surface area contributed by atoms with E-state index < -0.39 is 0 Å². The number of nitrogens with zero attached hydrogens (tertiary/aromatic N) is 2. The van der Waals surface area contributed by atoms with Crippen LogP contribution in [0.2, 0.25) is 0 Å². The number of carbonyl (C=O) groups is 1. The van der Waals surface area contributed by atoms with Crippen molar-refractivity contribution in [2.75, 3.05) is 0 Å². The Balaban J connectivity index is 1.33. The maximum atomic E-state index is 12.6. The van der Waals surface area contributed by atoms with Crippen LogP contribution in [0.1, 0.15) is 43.7 Å². The second-order valence-corrected chi connectivity index (χ2v) is 8.79. The van der Waals surface area contributed by atoms with Crippen LogP contribution >= 0.6 is 0 Å². The molecule has 29 heavy (non-hydrogen) atoms. The Labute approximate surface area is 171 Å². The van der Waals surface area contributed by atoms with Gasteiger partial charge in [-0.15, -0.1) is 0 Å². The Morgan fingerprint density at radius 3 is 2.76 bits per heavy atom. The number of benzene rings is 2. The van der Waals surface area contributed by atoms with Crippen LogP contribution in [0, 0.1) is 17.3 Å². The van der Waals surface area contributed by atoms with E-state index in [2.05, 4.69) is 70.7 Å². The molecular weight excluding hydrogens is 358 g/mol. The summed E-state index contributed by atoms with van der Waals surface area (Å²) in [5, 5.41) is 5.47. The minimum atomic E-state index is 0.0867. The molecule has 2 saturated carbocycles. The molecule has 2 aromatic carbocycles. The summed E-state index contributed by atoms with van der Waals surface area (Å²) < 4.78 is 2.24. The van der Waals surface area contributed by atoms with Crippen LogP contribution in [-0.4, -0.2) is 16.7 Å². The third kappa shape index (κ3) is 3.27. The molecule has 0 bridgehead atoms. The summed E-state index contributed by atoms with van der Waals surface area (Å²) in [5.41, 5.74) is 6.49. The van der Waals surface area contributed by atoms with Gasteiger partial charge in [-0.1, -0.05) is 68.3 Å². The van der Waals surface area contributed by atoms with E-state index in [0.717, 1.165) is 17.5 Å². The summed E-state index contributed by atoms with van der Waals surface area (Å²) in [5.74, 6) is 0.782. The van der Waals surface area contributed by atoms with Crippen molar-refractivity contribution in [2.45, 2.75) is 39.2 Å². The van der Waals surface area contributed by atoms with Gasteiger partial charge in [-0.2, -0.15) is 5.10 Å². The number of nitrogens with one attached hydrogen (secondary N) is 1. The van der Waals surface area contributed by atoms with Gasteiger partial charge in [0.15, 0.2) is 0 Å². The van der Waals surface area contributed by atoms with Crippen molar-refractivity contribution < 1.29 is 4.79 Å². The van der Waals surface area contributed by atoms with Crippen molar-refractivity contribution in [1.29, 1.82) is 0 Å². The molecule has 1 aromatic heterocycles. The number of carbonyl (C=O) groups excluding carboxylic acids is 1. The van der Waals surface area contributed by atoms with E-state index in [9.17, 15) is 4.79 Å². The SMILES string of the molecule is C[C@]12CCCC[C@H]1[C@H]2C(=O)N/N=C\c1cn(Cc2ccccc2)c2ccccc12. The first-order chi connectivity index (χ1) is 14.2. The Morgan fingerprint density at radius 2 is 1.97 bits per heavy atom. The lowest BCUT2D eigenvalue weighted by Gasteiger charge is -2.15. The molecule has 2 aliphatic rings. The number of hydrazone groups is 1. The normalized spacial score (nSPS) is 25.8. The van der Waals surface area contributed by atoms with Crippen molar-refractivity contribution in [3.05, 3.63) is 71.9 Å². The second kappa shape index (κ2) is 7.18. The van der Waals surface area contributed by atoms with Gasteiger partial charge in [0, 0.05) is 35.1 Å². The van der Waals surface area contributed by atoms with Gasteiger partial charge >= 0.3 is 0 Å². The molecule has 0 aliphatic heterocycles. The first-order valence-electron chi connectivity index (χ1n) is 10.6. The minimum absolute atomic E-state index is 0.0867. The zero-order valence-electron chi connectivity index (χ0n) is 16.8. The smallest absolute Gasteiger partial charge is 0.244 e. The maximum absolute atomic E-state index is 12.6. The van der Waals surface area contributed by atoms with E-state index in [-0.39, 0.29) is 17.2 Å². The summed E-state index contributed by atoms with van der Waals surface area (Å²) in [7, 11) is 0. The van der Waals surface area contributed by atoms with Gasteiger partial charge in [-0.25, -0.2) is 5.43 Å². The van der Waals surface area contributed by atoms with Gasteiger partial charge in [0.25, 0.3) is 0 Å². The lowest BCUT2D eigenvalue weighted by atomic mass is 9.90.